The van der Waals surface area contributed by atoms with Crippen LogP contribution in [0.1, 0.15) is 43.2 Å². The number of rotatable bonds is 3. The summed E-state index contributed by atoms with van der Waals surface area (Å²) in [6, 6.07) is 6.35. The highest BCUT2D eigenvalue weighted by atomic mass is 35.5. The van der Waals surface area contributed by atoms with E-state index in [9.17, 15) is 0 Å². The van der Waals surface area contributed by atoms with Crippen LogP contribution < -0.4 is 4.74 Å². The van der Waals surface area contributed by atoms with Crippen LogP contribution in [0.2, 0.25) is 5.15 Å². The molecule has 21 heavy (non-hydrogen) atoms. The number of hydrogen-bond donors (Lipinski definition) is 0. The van der Waals surface area contributed by atoms with Gasteiger partial charge in [0.2, 0.25) is 0 Å². The Bertz CT molecular complexity index is 654. The molecule has 0 bridgehead atoms. The summed E-state index contributed by atoms with van der Waals surface area (Å²) >= 11 is 6.26. The minimum atomic E-state index is 0.0385. The van der Waals surface area contributed by atoms with E-state index in [-0.39, 0.29) is 5.41 Å². The van der Waals surface area contributed by atoms with Crippen molar-refractivity contribution in [3.63, 3.8) is 0 Å². The van der Waals surface area contributed by atoms with Gasteiger partial charge >= 0.3 is 0 Å². The molecule has 2 aromatic rings. The highest BCUT2D eigenvalue weighted by molar-refractivity contribution is 6.30. The first-order valence-corrected chi connectivity index (χ1v) is 7.50. The van der Waals surface area contributed by atoms with Crippen LogP contribution in [0.4, 0.5) is 0 Å². The van der Waals surface area contributed by atoms with Gasteiger partial charge in [-0.25, -0.2) is 0 Å². The van der Waals surface area contributed by atoms with Crippen molar-refractivity contribution in [2.24, 2.45) is 7.05 Å². The second-order valence-corrected chi connectivity index (χ2v) is 6.87. The summed E-state index contributed by atoms with van der Waals surface area (Å²) < 4.78 is 7.74. The first kappa shape index (κ1) is 15.9. The smallest absolute Gasteiger partial charge is 0.133 e. The second-order valence-electron chi connectivity index (χ2n) is 6.52. The van der Waals surface area contributed by atoms with Gasteiger partial charge in [-0.3, -0.25) is 4.68 Å². The minimum Gasteiger partial charge on any atom is -0.488 e. The van der Waals surface area contributed by atoms with Gasteiger partial charge < -0.3 is 4.74 Å². The van der Waals surface area contributed by atoms with Crippen molar-refractivity contribution in [2.75, 3.05) is 0 Å². The van der Waals surface area contributed by atoms with Crippen LogP contribution in [0.15, 0.2) is 18.2 Å². The maximum atomic E-state index is 6.26. The second kappa shape index (κ2) is 5.72. The van der Waals surface area contributed by atoms with E-state index in [1.807, 2.05) is 14.0 Å². The molecule has 0 spiro atoms. The Labute approximate surface area is 131 Å². The maximum absolute atomic E-state index is 6.26. The van der Waals surface area contributed by atoms with Crippen molar-refractivity contribution in [3.8, 4) is 5.75 Å². The molecule has 4 heteroatoms. The first-order valence-electron chi connectivity index (χ1n) is 7.12. The third-order valence-corrected chi connectivity index (χ3v) is 4.06. The highest BCUT2D eigenvalue weighted by Gasteiger charge is 2.20. The molecule has 0 aliphatic heterocycles. The number of ether oxygens (including phenoxy) is 1. The molecule has 0 radical (unpaired) electrons. The van der Waals surface area contributed by atoms with Crippen molar-refractivity contribution < 1.29 is 4.74 Å². The molecule has 0 amide bonds. The number of hydrogen-bond acceptors (Lipinski definition) is 2. The van der Waals surface area contributed by atoms with Crippen LogP contribution in [0.3, 0.4) is 0 Å². The number of benzene rings is 1. The molecular formula is C17H23ClN2O. The zero-order chi connectivity index (χ0) is 15.8. The van der Waals surface area contributed by atoms with Crippen LogP contribution in [0.5, 0.6) is 5.75 Å². The molecule has 3 nitrogen and oxygen atoms in total. The van der Waals surface area contributed by atoms with Gasteiger partial charge in [0, 0.05) is 12.6 Å². The Hall–Kier alpha value is -1.48. The SMILES string of the molecule is Cc1ccc(C(C)(C)C)c(OCc2c(C)nn(C)c2Cl)c1. The third-order valence-electron chi connectivity index (χ3n) is 3.59. The summed E-state index contributed by atoms with van der Waals surface area (Å²) in [5.74, 6) is 0.918. The Kier molecular flexibility index (Phi) is 4.33. The average molecular weight is 307 g/mol. The van der Waals surface area contributed by atoms with Crippen molar-refractivity contribution in [1.29, 1.82) is 0 Å². The lowest BCUT2D eigenvalue weighted by Crippen LogP contribution is -2.13. The van der Waals surface area contributed by atoms with E-state index in [4.69, 9.17) is 16.3 Å². The van der Waals surface area contributed by atoms with E-state index < -0.39 is 0 Å². The molecule has 0 aliphatic carbocycles. The van der Waals surface area contributed by atoms with Gasteiger partial charge in [-0.05, 0) is 36.5 Å². The predicted octanol–water partition coefficient (Wildman–Crippen LogP) is 4.57. The van der Waals surface area contributed by atoms with Crippen LogP contribution in [0.25, 0.3) is 0 Å². The Morgan fingerprint density at radius 1 is 1.24 bits per heavy atom. The highest BCUT2D eigenvalue weighted by Crippen LogP contribution is 2.33. The molecule has 0 aliphatic rings. The van der Waals surface area contributed by atoms with Gasteiger partial charge in [-0.1, -0.05) is 44.5 Å². The van der Waals surface area contributed by atoms with E-state index in [0.29, 0.717) is 11.8 Å². The molecule has 0 atom stereocenters. The molecule has 114 valence electrons. The van der Waals surface area contributed by atoms with Crippen LogP contribution >= 0.6 is 11.6 Å². The normalized spacial score (nSPS) is 11.8. The molecule has 0 saturated carbocycles. The Balaban J connectivity index is 2.30. The lowest BCUT2D eigenvalue weighted by Gasteiger charge is -2.23. The topological polar surface area (TPSA) is 27.1 Å². The van der Waals surface area contributed by atoms with E-state index in [2.05, 4.69) is 51.0 Å². The zero-order valence-electron chi connectivity index (χ0n) is 13.6. The van der Waals surface area contributed by atoms with Crippen molar-refractivity contribution in [3.05, 3.63) is 45.7 Å². The van der Waals surface area contributed by atoms with Gasteiger partial charge in [0.1, 0.15) is 17.5 Å². The predicted molar refractivity (Wildman–Crippen MR) is 87.2 cm³/mol. The van der Waals surface area contributed by atoms with Gasteiger partial charge in [0.15, 0.2) is 0 Å². The fourth-order valence-corrected chi connectivity index (χ4v) is 2.59. The molecule has 2 rings (SSSR count). The van der Waals surface area contributed by atoms with E-state index >= 15 is 0 Å². The molecule has 0 unspecified atom stereocenters. The molecule has 1 heterocycles. The Morgan fingerprint density at radius 3 is 2.43 bits per heavy atom. The molecule has 1 aromatic heterocycles. The van der Waals surface area contributed by atoms with E-state index in [1.54, 1.807) is 4.68 Å². The van der Waals surface area contributed by atoms with Crippen LogP contribution in [-0.4, -0.2) is 9.78 Å². The van der Waals surface area contributed by atoms with Gasteiger partial charge in [0.25, 0.3) is 0 Å². The summed E-state index contributed by atoms with van der Waals surface area (Å²) in [5.41, 5.74) is 4.28. The van der Waals surface area contributed by atoms with Crippen molar-refractivity contribution in [2.45, 2.75) is 46.6 Å². The molecule has 0 saturated heterocycles. The van der Waals surface area contributed by atoms with Crippen molar-refractivity contribution in [1.82, 2.24) is 9.78 Å². The lowest BCUT2D eigenvalue weighted by molar-refractivity contribution is 0.296. The maximum Gasteiger partial charge on any atom is 0.133 e. The first-order chi connectivity index (χ1) is 9.70. The van der Waals surface area contributed by atoms with Gasteiger partial charge in [0.05, 0.1) is 5.69 Å². The fourth-order valence-electron chi connectivity index (χ4n) is 2.36. The monoisotopic (exact) mass is 306 g/mol. The van der Waals surface area contributed by atoms with Crippen molar-refractivity contribution >= 4 is 11.6 Å². The quantitative estimate of drug-likeness (QED) is 0.830. The molecule has 0 fully saturated rings. The Morgan fingerprint density at radius 2 is 1.90 bits per heavy atom. The number of aromatic nitrogens is 2. The van der Waals surface area contributed by atoms with Gasteiger partial charge in [-0.2, -0.15) is 5.10 Å². The lowest BCUT2D eigenvalue weighted by atomic mass is 9.86. The van der Waals surface area contributed by atoms with Crippen LogP contribution in [-0.2, 0) is 19.1 Å². The molecular weight excluding hydrogens is 284 g/mol. The summed E-state index contributed by atoms with van der Waals surface area (Å²) in [6.45, 7) is 11.0. The van der Waals surface area contributed by atoms with E-state index in [0.717, 1.165) is 17.0 Å². The summed E-state index contributed by atoms with van der Waals surface area (Å²) in [6.07, 6.45) is 0. The summed E-state index contributed by atoms with van der Waals surface area (Å²) in [7, 11) is 1.84. The summed E-state index contributed by atoms with van der Waals surface area (Å²) in [4.78, 5) is 0. The molecule has 1 aromatic carbocycles. The van der Waals surface area contributed by atoms with Crippen LogP contribution in [0, 0.1) is 13.8 Å². The minimum absolute atomic E-state index is 0.0385. The van der Waals surface area contributed by atoms with E-state index in [1.165, 1.54) is 11.1 Å². The average Bonchev–Trinajstić information content (AvgIpc) is 2.60. The molecule has 0 N–H and O–H groups in total. The number of halogens is 1. The number of aryl methyl sites for hydroxylation is 3. The third kappa shape index (κ3) is 3.41. The largest absolute Gasteiger partial charge is 0.488 e. The van der Waals surface area contributed by atoms with Gasteiger partial charge in [-0.15, -0.1) is 0 Å². The summed E-state index contributed by atoms with van der Waals surface area (Å²) in [5, 5.41) is 4.95. The fraction of sp³-hybridized carbons (Fsp3) is 0.471. The standard InChI is InChI=1S/C17H23ClN2O/c1-11-7-8-14(17(3,4)5)15(9-11)21-10-13-12(2)19-20(6)16(13)18/h7-9H,10H2,1-6H3. The zero-order valence-corrected chi connectivity index (χ0v) is 14.4. The number of nitrogens with zero attached hydrogens (tertiary/aromatic N) is 2.